The van der Waals surface area contributed by atoms with Gasteiger partial charge in [-0.05, 0) is 17.7 Å². The number of aliphatic imine (C=N–C) groups is 1. The van der Waals surface area contributed by atoms with Gasteiger partial charge in [-0.15, -0.1) is 0 Å². The Morgan fingerprint density at radius 3 is 2.23 bits per heavy atom. The van der Waals surface area contributed by atoms with Gasteiger partial charge in [0.2, 0.25) is 0 Å². The van der Waals surface area contributed by atoms with Gasteiger partial charge in [0.15, 0.2) is 5.96 Å². The number of guanidine groups is 1. The van der Waals surface area contributed by atoms with Crippen LogP contribution in [0.5, 0.6) is 0 Å². The highest BCUT2D eigenvalue weighted by atomic mass is 79.9. The first-order chi connectivity index (χ1) is 10.1. The molecule has 1 rings (SSSR count). The molecule has 0 atom stereocenters. The molecule has 0 aliphatic rings. The standard InChI is InChI=1S/C15H21BrF3N3/c1-14(2,11-4-6-12(16)7-5-11)10-22-13(20-3)21-9-8-15(17,18)19/h4-7H,8-10H2,1-3H3,(H2,20,21,22). The average Bonchev–Trinajstić information content (AvgIpc) is 2.42. The molecule has 0 aromatic heterocycles. The molecular formula is C15H21BrF3N3. The molecule has 1 aromatic carbocycles. The van der Waals surface area contributed by atoms with Crippen molar-refractivity contribution in [2.24, 2.45) is 4.99 Å². The molecule has 2 N–H and O–H groups in total. The zero-order chi connectivity index (χ0) is 16.8. The lowest BCUT2D eigenvalue weighted by Gasteiger charge is -2.27. The Morgan fingerprint density at radius 2 is 1.73 bits per heavy atom. The predicted molar refractivity (Wildman–Crippen MR) is 87.2 cm³/mol. The Kier molecular flexibility index (Phi) is 6.71. The highest BCUT2D eigenvalue weighted by Crippen LogP contribution is 2.24. The molecule has 3 nitrogen and oxygen atoms in total. The highest BCUT2D eigenvalue weighted by molar-refractivity contribution is 9.10. The van der Waals surface area contributed by atoms with Crippen molar-refractivity contribution >= 4 is 21.9 Å². The van der Waals surface area contributed by atoms with Gasteiger partial charge in [0, 0.05) is 30.0 Å². The van der Waals surface area contributed by atoms with Gasteiger partial charge in [0.25, 0.3) is 0 Å². The maximum atomic E-state index is 12.1. The minimum atomic E-state index is -4.16. The van der Waals surface area contributed by atoms with Gasteiger partial charge in [-0.1, -0.05) is 41.9 Å². The summed E-state index contributed by atoms with van der Waals surface area (Å²) in [6, 6.07) is 7.97. The quantitative estimate of drug-likeness (QED) is 0.602. The molecule has 7 heteroatoms. The van der Waals surface area contributed by atoms with E-state index in [1.54, 1.807) is 0 Å². The Morgan fingerprint density at radius 1 is 1.14 bits per heavy atom. The minimum absolute atomic E-state index is 0.178. The number of hydrogen-bond acceptors (Lipinski definition) is 1. The van der Waals surface area contributed by atoms with E-state index in [-0.39, 0.29) is 12.0 Å². The van der Waals surface area contributed by atoms with Crippen molar-refractivity contribution in [3.63, 3.8) is 0 Å². The largest absolute Gasteiger partial charge is 0.390 e. The van der Waals surface area contributed by atoms with Gasteiger partial charge in [0.05, 0.1) is 6.42 Å². The predicted octanol–water partition coefficient (Wildman–Crippen LogP) is 3.84. The summed E-state index contributed by atoms with van der Waals surface area (Å²) in [7, 11) is 1.54. The maximum absolute atomic E-state index is 12.1. The first-order valence-corrected chi connectivity index (χ1v) is 7.71. The average molecular weight is 380 g/mol. The van der Waals surface area contributed by atoms with Gasteiger partial charge in [0.1, 0.15) is 0 Å². The van der Waals surface area contributed by atoms with Crippen LogP contribution in [0, 0.1) is 0 Å². The zero-order valence-electron chi connectivity index (χ0n) is 12.9. The molecule has 0 spiro atoms. The third-order valence-electron chi connectivity index (χ3n) is 3.25. The van der Waals surface area contributed by atoms with Gasteiger partial charge in [-0.25, -0.2) is 0 Å². The normalized spacial score (nSPS) is 13.1. The van der Waals surface area contributed by atoms with Crippen molar-refractivity contribution in [3.8, 4) is 0 Å². The van der Waals surface area contributed by atoms with E-state index in [9.17, 15) is 13.2 Å². The van der Waals surface area contributed by atoms with Crippen LogP contribution in [0.15, 0.2) is 33.7 Å². The summed E-state index contributed by atoms with van der Waals surface area (Å²) in [6.07, 6.45) is -5.05. The summed E-state index contributed by atoms with van der Waals surface area (Å²) in [5.41, 5.74) is 0.955. The molecule has 0 saturated heterocycles. The monoisotopic (exact) mass is 379 g/mol. The first-order valence-electron chi connectivity index (χ1n) is 6.91. The molecule has 1 aromatic rings. The fourth-order valence-corrected chi connectivity index (χ4v) is 2.12. The van der Waals surface area contributed by atoms with Crippen LogP contribution in [0.4, 0.5) is 13.2 Å². The Bertz CT molecular complexity index is 496. The van der Waals surface area contributed by atoms with Crippen molar-refractivity contribution in [1.82, 2.24) is 10.6 Å². The van der Waals surface area contributed by atoms with Crippen LogP contribution >= 0.6 is 15.9 Å². The molecule has 0 amide bonds. The van der Waals surface area contributed by atoms with Crippen LogP contribution in [-0.4, -0.2) is 32.3 Å². The molecule has 0 unspecified atom stereocenters. The van der Waals surface area contributed by atoms with E-state index >= 15 is 0 Å². The Labute approximate surface area is 137 Å². The summed E-state index contributed by atoms with van der Waals surface area (Å²) in [5.74, 6) is 0.370. The second-order valence-electron chi connectivity index (χ2n) is 5.61. The molecule has 0 bridgehead atoms. The maximum Gasteiger partial charge on any atom is 0.390 e. The molecular weight excluding hydrogens is 359 g/mol. The van der Waals surface area contributed by atoms with Gasteiger partial charge in [-0.3, -0.25) is 4.99 Å². The molecule has 0 saturated carbocycles. The van der Waals surface area contributed by atoms with Crippen LogP contribution in [0.1, 0.15) is 25.8 Å². The van der Waals surface area contributed by atoms with Gasteiger partial charge < -0.3 is 10.6 Å². The van der Waals surface area contributed by atoms with Crippen molar-refractivity contribution in [3.05, 3.63) is 34.3 Å². The number of nitrogens with zero attached hydrogens (tertiary/aromatic N) is 1. The number of halogens is 4. The topological polar surface area (TPSA) is 36.4 Å². The van der Waals surface area contributed by atoms with Gasteiger partial charge >= 0.3 is 6.18 Å². The molecule has 0 fully saturated rings. The summed E-state index contributed by atoms with van der Waals surface area (Å²) in [4.78, 5) is 3.94. The summed E-state index contributed by atoms with van der Waals surface area (Å²) < 4.78 is 37.4. The Hall–Kier alpha value is -1.24. The van der Waals surface area contributed by atoms with E-state index in [1.165, 1.54) is 7.05 Å². The third-order valence-corrected chi connectivity index (χ3v) is 3.78. The smallest absolute Gasteiger partial charge is 0.356 e. The van der Waals surface area contributed by atoms with Crippen molar-refractivity contribution in [2.45, 2.75) is 31.9 Å². The van der Waals surface area contributed by atoms with E-state index < -0.39 is 12.6 Å². The zero-order valence-corrected chi connectivity index (χ0v) is 14.5. The summed E-state index contributed by atoms with van der Waals surface area (Å²) >= 11 is 3.39. The lowest BCUT2D eigenvalue weighted by atomic mass is 9.85. The Balaban J connectivity index is 2.53. The van der Waals surface area contributed by atoms with Crippen molar-refractivity contribution in [1.29, 1.82) is 0 Å². The van der Waals surface area contributed by atoms with Gasteiger partial charge in [-0.2, -0.15) is 13.2 Å². The molecule has 0 radical (unpaired) electrons. The molecule has 124 valence electrons. The third kappa shape index (κ3) is 6.68. The first kappa shape index (κ1) is 18.8. The van der Waals surface area contributed by atoms with E-state index in [1.807, 2.05) is 24.3 Å². The lowest BCUT2D eigenvalue weighted by Crippen LogP contribution is -2.44. The van der Waals surface area contributed by atoms with Crippen molar-refractivity contribution in [2.75, 3.05) is 20.1 Å². The van der Waals surface area contributed by atoms with E-state index in [2.05, 4.69) is 45.4 Å². The SMILES string of the molecule is CN=C(NCCC(F)(F)F)NCC(C)(C)c1ccc(Br)cc1. The number of nitrogens with one attached hydrogen (secondary N) is 2. The van der Waals surface area contributed by atoms with Crippen LogP contribution in [0.3, 0.4) is 0 Å². The fourth-order valence-electron chi connectivity index (χ4n) is 1.85. The summed E-state index contributed by atoms with van der Waals surface area (Å²) in [6.45, 7) is 4.49. The molecule has 22 heavy (non-hydrogen) atoms. The van der Waals surface area contributed by atoms with Crippen molar-refractivity contribution < 1.29 is 13.2 Å². The second-order valence-corrected chi connectivity index (χ2v) is 6.52. The summed E-state index contributed by atoms with van der Waals surface area (Å²) in [5, 5.41) is 5.74. The van der Waals surface area contributed by atoms with Crippen LogP contribution in [0.25, 0.3) is 0 Å². The fraction of sp³-hybridized carbons (Fsp3) is 0.533. The van der Waals surface area contributed by atoms with Crippen LogP contribution in [-0.2, 0) is 5.41 Å². The minimum Gasteiger partial charge on any atom is -0.356 e. The molecule has 0 heterocycles. The number of rotatable bonds is 5. The lowest BCUT2D eigenvalue weighted by molar-refractivity contribution is -0.132. The highest BCUT2D eigenvalue weighted by Gasteiger charge is 2.26. The van der Waals surface area contributed by atoms with E-state index in [4.69, 9.17) is 0 Å². The molecule has 0 aliphatic heterocycles. The van der Waals surface area contributed by atoms with Crippen LogP contribution < -0.4 is 10.6 Å². The van der Waals surface area contributed by atoms with E-state index in [0.29, 0.717) is 12.5 Å². The van der Waals surface area contributed by atoms with Crippen LogP contribution in [0.2, 0.25) is 0 Å². The number of hydrogen-bond donors (Lipinski definition) is 2. The molecule has 0 aliphatic carbocycles. The number of benzene rings is 1. The number of alkyl halides is 3. The van der Waals surface area contributed by atoms with E-state index in [0.717, 1.165) is 10.0 Å². The second kappa shape index (κ2) is 7.85.